The summed E-state index contributed by atoms with van der Waals surface area (Å²) in [6.45, 7) is 12.2. The summed E-state index contributed by atoms with van der Waals surface area (Å²) in [5.74, 6) is -0.312. The molecule has 0 heterocycles. The van der Waals surface area contributed by atoms with Crippen LogP contribution in [0.4, 0.5) is 0 Å². The van der Waals surface area contributed by atoms with Gasteiger partial charge < -0.3 is 10.5 Å². The van der Waals surface area contributed by atoms with Crippen molar-refractivity contribution < 1.29 is 9.53 Å². The third-order valence-corrected chi connectivity index (χ3v) is 1.94. The van der Waals surface area contributed by atoms with Gasteiger partial charge in [0.1, 0.15) is 0 Å². The normalized spacial score (nSPS) is 8.06. The molecule has 0 rings (SSSR count). The van der Waals surface area contributed by atoms with Gasteiger partial charge in [-0.15, -0.1) is 12.4 Å². The summed E-state index contributed by atoms with van der Waals surface area (Å²) < 4.78 is 4.56. The molecule has 0 unspecified atom stereocenters. The predicted octanol–water partition coefficient (Wildman–Crippen LogP) is 3.24. The summed E-state index contributed by atoms with van der Waals surface area (Å²) in [7, 11) is 0. The van der Waals surface area contributed by atoms with E-state index in [0.29, 0.717) is 18.7 Å². The molecule has 0 saturated carbocycles. The number of carbonyl (C=O) groups is 1. The number of nitrogens with two attached hydrogens (primary N) is 1. The van der Waals surface area contributed by atoms with Crippen LogP contribution < -0.4 is 5.73 Å². The van der Waals surface area contributed by atoms with E-state index in [0.717, 1.165) is 12.8 Å². The minimum atomic E-state index is -0.312. The molecule has 0 aliphatic carbocycles. The van der Waals surface area contributed by atoms with E-state index in [4.69, 9.17) is 5.73 Å². The van der Waals surface area contributed by atoms with Gasteiger partial charge in [0, 0.05) is 12.1 Å². The minimum absolute atomic E-state index is 0. The van der Waals surface area contributed by atoms with Gasteiger partial charge in [0.05, 0.1) is 6.61 Å². The molecule has 4 heteroatoms. The zero-order valence-corrected chi connectivity index (χ0v) is 12.2. The maximum Gasteiger partial charge on any atom is 0.333 e. The predicted molar refractivity (Wildman–Crippen MR) is 76.4 cm³/mol. The largest absolute Gasteiger partial charge is 0.463 e. The van der Waals surface area contributed by atoms with Gasteiger partial charge >= 0.3 is 5.97 Å². The summed E-state index contributed by atoms with van der Waals surface area (Å²) in [4.78, 5) is 10.4. The Morgan fingerprint density at radius 1 is 1.29 bits per heavy atom. The van der Waals surface area contributed by atoms with Gasteiger partial charge in [-0.05, 0) is 26.7 Å². The van der Waals surface area contributed by atoms with E-state index in [1.54, 1.807) is 13.8 Å². The van der Waals surface area contributed by atoms with E-state index in [9.17, 15) is 4.79 Å². The lowest BCUT2D eigenvalue weighted by Gasteiger charge is -1.96. The van der Waals surface area contributed by atoms with Gasteiger partial charge in [-0.3, -0.25) is 0 Å². The SMILES string of the molecule is C=C(C)C(=O)OCC.CCC(=CCN)CC.Cl. The van der Waals surface area contributed by atoms with Crippen LogP contribution in [0, 0.1) is 0 Å². The van der Waals surface area contributed by atoms with Crippen molar-refractivity contribution in [3.8, 4) is 0 Å². The molecule has 17 heavy (non-hydrogen) atoms. The first-order valence-electron chi connectivity index (χ1n) is 5.73. The van der Waals surface area contributed by atoms with Crippen LogP contribution in [0.25, 0.3) is 0 Å². The molecule has 0 spiro atoms. The van der Waals surface area contributed by atoms with Gasteiger partial charge in [0.2, 0.25) is 0 Å². The average Bonchev–Trinajstić information content (AvgIpc) is 2.27. The van der Waals surface area contributed by atoms with Crippen LogP contribution in [-0.4, -0.2) is 19.1 Å². The standard InChI is InChI=1S/C7H15N.C6H10O2.ClH/c1-3-7(4-2)5-6-8;1-4-8-6(7)5(2)3;/h5H,3-4,6,8H2,1-2H3;2,4H2,1,3H3;1H. The van der Waals surface area contributed by atoms with Crippen LogP contribution in [0.2, 0.25) is 0 Å². The van der Waals surface area contributed by atoms with E-state index in [1.807, 2.05) is 0 Å². The zero-order chi connectivity index (χ0) is 13.0. The number of hydrogen-bond acceptors (Lipinski definition) is 3. The first-order chi connectivity index (χ1) is 7.53. The molecule has 2 N–H and O–H groups in total. The van der Waals surface area contributed by atoms with Crippen molar-refractivity contribution in [1.29, 1.82) is 0 Å². The molecule has 0 amide bonds. The summed E-state index contributed by atoms with van der Waals surface area (Å²) >= 11 is 0. The molecule has 102 valence electrons. The maximum atomic E-state index is 10.4. The smallest absolute Gasteiger partial charge is 0.333 e. The van der Waals surface area contributed by atoms with Gasteiger partial charge in [-0.25, -0.2) is 4.79 Å². The van der Waals surface area contributed by atoms with E-state index < -0.39 is 0 Å². The van der Waals surface area contributed by atoms with Crippen molar-refractivity contribution in [2.24, 2.45) is 5.73 Å². The molecule has 0 aliphatic rings. The van der Waals surface area contributed by atoms with Crippen LogP contribution >= 0.6 is 12.4 Å². The molecule has 0 fully saturated rings. The number of hydrogen-bond donors (Lipinski definition) is 1. The maximum absolute atomic E-state index is 10.4. The highest BCUT2D eigenvalue weighted by atomic mass is 35.5. The Hall–Kier alpha value is -0.800. The van der Waals surface area contributed by atoms with Crippen LogP contribution in [0.1, 0.15) is 40.5 Å². The van der Waals surface area contributed by atoms with E-state index in [-0.39, 0.29) is 18.4 Å². The molecule has 0 aromatic rings. The lowest BCUT2D eigenvalue weighted by molar-refractivity contribution is -0.138. The second-order valence-corrected chi connectivity index (χ2v) is 3.31. The number of rotatable bonds is 5. The Morgan fingerprint density at radius 3 is 1.88 bits per heavy atom. The van der Waals surface area contributed by atoms with Crippen molar-refractivity contribution >= 4 is 18.4 Å². The molecule has 0 bridgehead atoms. The zero-order valence-electron chi connectivity index (χ0n) is 11.4. The molecule has 0 aliphatic heterocycles. The highest BCUT2D eigenvalue weighted by Gasteiger charge is 1.98. The average molecular weight is 264 g/mol. The van der Waals surface area contributed by atoms with E-state index in [2.05, 4.69) is 31.2 Å². The van der Waals surface area contributed by atoms with Gasteiger partial charge in [-0.1, -0.05) is 32.1 Å². The van der Waals surface area contributed by atoms with E-state index >= 15 is 0 Å². The highest BCUT2D eigenvalue weighted by molar-refractivity contribution is 5.86. The molecule has 0 aromatic carbocycles. The molecular weight excluding hydrogens is 238 g/mol. The van der Waals surface area contributed by atoms with Crippen LogP contribution in [0.15, 0.2) is 23.8 Å². The fourth-order valence-electron chi connectivity index (χ4n) is 0.960. The van der Waals surface area contributed by atoms with Crippen molar-refractivity contribution in [2.75, 3.05) is 13.2 Å². The van der Waals surface area contributed by atoms with Crippen molar-refractivity contribution in [1.82, 2.24) is 0 Å². The van der Waals surface area contributed by atoms with Gasteiger partial charge in [0.15, 0.2) is 0 Å². The fraction of sp³-hybridized carbons (Fsp3) is 0.615. The van der Waals surface area contributed by atoms with Crippen molar-refractivity contribution in [3.63, 3.8) is 0 Å². The summed E-state index contributed by atoms with van der Waals surface area (Å²) in [6, 6.07) is 0. The Balaban J connectivity index is -0.000000218. The van der Waals surface area contributed by atoms with Crippen molar-refractivity contribution in [2.45, 2.75) is 40.5 Å². The van der Waals surface area contributed by atoms with Crippen LogP contribution in [-0.2, 0) is 9.53 Å². The second-order valence-electron chi connectivity index (χ2n) is 3.31. The molecule has 0 atom stereocenters. The monoisotopic (exact) mass is 263 g/mol. The minimum Gasteiger partial charge on any atom is -0.463 e. The van der Waals surface area contributed by atoms with Crippen LogP contribution in [0.5, 0.6) is 0 Å². The summed E-state index contributed by atoms with van der Waals surface area (Å²) in [6.07, 6.45) is 4.39. The summed E-state index contributed by atoms with van der Waals surface area (Å²) in [5.41, 5.74) is 7.22. The van der Waals surface area contributed by atoms with Gasteiger partial charge in [0.25, 0.3) is 0 Å². The Labute approximate surface area is 112 Å². The van der Waals surface area contributed by atoms with E-state index in [1.165, 1.54) is 5.57 Å². The Bertz CT molecular complexity index is 232. The number of ether oxygens (including phenoxy) is 1. The quantitative estimate of drug-likeness (QED) is 0.471. The molecular formula is C13H26ClNO2. The van der Waals surface area contributed by atoms with Crippen molar-refractivity contribution in [3.05, 3.63) is 23.8 Å². The Kier molecular flexibility index (Phi) is 19.2. The third-order valence-electron chi connectivity index (χ3n) is 1.94. The molecule has 3 nitrogen and oxygen atoms in total. The van der Waals surface area contributed by atoms with Gasteiger partial charge in [-0.2, -0.15) is 0 Å². The number of allylic oxidation sites excluding steroid dienone is 1. The van der Waals surface area contributed by atoms with Crippen LogP contribution in [0.3, 0.4) is 0 Å². The first-order valence-corrected chi connectivity index (χ1v) is 5.73. The molecule has 0 radical (unpaired) electrons. The highest BCUT2D eigenvalue weighted by Crippen LogP contribution is 2.02. The first kappa shape index (κ1) is 21.5. The summed E-state index contributed by atoms with van der Waals surface area (Å²) in [5, 5.41) is 0. The molecule has 0 saturated heterocycles. The number of carbonyl (C=O) groups excluding carboxylic acids is 1. The topological polar surface area (TPSA) is 52.3 Å². The second kappa shape index (κ2) is 15.2. The molecule has 0 aromatic heterocycles. The fourth-order valence-corrected chi connectivity index (χ4v) is 0.960. The lowest BCUT2D eigenvalue weighted by Crippen LogP contribution is -2.03. The lowest BCUT2D eigenvalue weighted by atomic mass is 10.1. The Morgan fingerprint density at radius 2 is 1.76 bits per heavy atom. The number of esters is 1. The third kappa shape index (κ3) is 15.2. The number of halogens is 1.